The smallest absolute Gasteiger partial charge is 0.137 e. The molecular formula is C21H25ClN4O2. The third-order valence-corrected chi connectivity index (χ3v) is 5.03. The number of benzene rings is 1. The highest BCUT2D eigenvalue weighted by Crippen LogP contribution is 2.30. The lowest BCUT2D eigenvalue weighted by atomic mass is 9.87. The van der Waals surface area contributed by atoms with Crippen molar-refractivity contribution in [3.8, 4) is 28.4 Å². The number of aliphatic hydroxyl groups excluding tert-OH is 1. The Kier molecular flexibility index (Phi) is 6.03. The third kappa shape index (κ3) is 4.52. The topological polar surface area (TPSA) is 85.3 Å². The molecule has 0 radical (unpaired) electrons. The molecule has 0 atom stereocenters. The second-order valence-electron chi connectivity index (χ2n) is 7.59. The predicted octanol–water partition coefficient (Wildman–Crippen LogP) is 3.70. The van der Waals surface area contributed by atoms with Crippen molar-refractivity contribution in [2.75, 3.05) is 26.7 Å². The first kappa shape index (κ1) is 20.3. The Morgan fingerprint density at radius 2 is 1.93 bits per heavy atom. The average Bonchev–Trinajstić information content (AvgIpc) is 3.14. The van der Waals surface area contributed by atoms with E-state index in [9.17, 15) is 5.11 Å². The molecule has 0 aliphatic carbocycles. The summed E-state index contributed by atoms with van der Waals surface area (Å²) in [6.07, 6.45) is 3.52. The molecule has 6 nitrogen and oxygen atoms in total. The number of aliphatic hydroxyl groups is 1. The van der Waals surface area contributed by atoms with Crippen LogP contribution in [0.5, 0.6) is 5.75 Å². The molecule has 2 heterocycles. The largest absolute Gasteiger partial charge is 0.506 e. The van der Waals surface area contributed by atoms with E-state index >= 15 is 0 Å². The van der Waals surface area contributed by atoms with Crippen molar-refractivity contribution >= 4 is 11.6 Å². The molecule has 0 amide bonds. The molecule has 0 saturated heterocycles. The molecule has 148 valence electrons. The molecule has 2 aromatic heterocycles. The number of halogens is 1. The number of aromatic amines is 1. The van der Waals surface area contributed by atoms with Gasteiger partial charge in [-0.2, -0.15) is 0 Å². The Bertz CT molecular complexity index is 955. The lowest BCUT2D eigenvalue weighted by Gasteiger charge is -2.29. The van der Waals surface area contributed by atoms with Gasteiger partial charge in [-0.3, -0.25) is 4.98 Å². The molecule has 3 rings (SSSR count). The Morgan fingerprint density at radius 3 is 2.64 bits per heavy atom. The van der Waals surface area contributed by atoms with Crippen LogP contribution in [0.15, 0.2) is 42.7 Å². The van der Waals surface area contributed by atoms with Crippen molar-refractivity contribution in [3.05, 3.63) is 53.4 Å². The van der Waals surface area contributed by atoms with E-state index in [-0.39, 0.29) is 17.8 Å². The van der Waals surface area contributed by atoms with Crippen LogP contribution < -0.4 is 0 Å². The number of H-pyrrole nitrogens is 1. The van der Waals surface area contributed by atoms with Crippen molar-refractivity contribution in [1.82, 2.24) is 19.9 Å². The van der Waals surface area contributed by atoms with Crippen molar-refractivity contribution in [1.29, 1.82) is 0 Å². The summed E-state index contributed by atoms with van der Waals surface area (Å²) in [6, 6.07) is 9.05. The van der Waals surface area contributed by atoms with Gasteiger partial charge in [0.1, 0.15) is 11.6 Å². The molecule has 0 bridgehead atoms. The van der Waals surface area contributed by atoms with E-state index in [0.29, 0.717) is 11.6 Å². The summed E-state index contributed by atoms with van der Waals surface area (Å²) in [5.41, 5.74) is 3.31. The number of nitrogens with one attached hydrogen (secondary N) is 1. The van der Waals surface area contributed by atoms with Crippen molar-refractivity contribution < 1.29 is 10.2 Å². The van der Waals surface area contributed by atoms with E-state index in [1.54, 1.807) is 24.5 Å². The number of nitrogens with zero attached hydrogens (tertiary/aromatic N) is 3. The number of phenols is 1. The Balaban J connectivity index is 1.86. The minimum Gasteiger partial charge on any atom is -0.506 e. The number of hydrogen-bond donors (Lipinski definition) is 3. The molecule has 3 N–H and O–H groups in total. The standard InChI is InChI=1S/C21H25ClN4O2/c1-21(2,13-26(3)8-9-27)19-11-15(6-7-23-19)20-24-12-17(25-20)14-4-5-16(22)18(28)10-14/h4-7,10-12,27-28H,8-9,13H2,1-3H3,(H,24,25). The van der Waals surface area contributed by atoms with Gasteiger partial charge in [0.25, 0.3) is 0 Å². The highest BCUT2D eigenvalue weighted by molar-refractivity contribution is 6.32. The number of aromatic hydroxyl groups is 1. The molecule has 1 aromatic carbocycles. The monoisotopic (exact) mass is 400 g/mol. The quantitative estimate of drug-likeness (QED) is 0.563. The summed E-state index contributed by atoms with van der Waals surface area (Å²) in [5, 5.41) is 19.3. The highest BCUT2D eigenvalue weighted by atomic mass is 35.5. The lowest BCUT2D eigenvalue weighted by Crippen LogP contribution is -2.36. The minimum absolute atomic E-state index is 0.0373. The maximum absolute atomic E-state index is 9.83. The summed E-state index contributed by atoms with van der Waals surface area (Å²) in [5.74, 6) is 0.767. The normalized spacial score (nSPS) is 11.9. The molecule has 0 spiro atoms. The maximum atomic E-state index is 9.83. The van der Waals surface area contributed by atoms with E-state index in [4.69, 9.17) is 16.7 Å². The number of hydrogen-bond acceptors (Lipinski definition) is 5. The van der Waals surface area contributed by atoms with E-state index in [1.165, 1.54) is 0 Å². The van der Waals surface area contributed by atoms with Crippen molar-refractivity contribution in [3.63, 3.8) is 0 Å². The fraction of sp³-hybridized carbons (Fsp3) is 0.333. The summed E-state index contributed by atoms with van der Waals surface area (Å²) >= 11 is 5.88. The zero-order valence-corrected chi connectivity index (χ0v) is 17.0. The zero-order chi connectivity index (χ0) is 20.3. The van der Waals surface area contributed by atoms with Gasteiger partial charge >= 0.3 is 0 Å². The summed E-state index contributed by atoms with van der Waals surface area (Å²) < 4.78 is 0. The third-order valence-electron chi connectivity index (χ3n) is 4.71. The maximum Gasteiger partial charge on any atom is 0.137 e. The van der Waals surface area contributed by atoms with Gasteiger partial charge in [0.05, 0.1) is 23.5 Å². The van der Waals surface area contributed by atoms with Crippen LogP contribution in [-0.4, -0.2) is 56.8 Å². The van der Waals surface area contributed by atoms with Gasteiger partial charge in [-0.25, -0.2) is 4.98 Å². The molecule has 7 heteroatoms. The van der Waals surface area contributed by atoms with Crippen LogP contribution in [0.2, 0.25) is 5.02 Å². The molecule has 0 aliphatic heterocycles. The van der Waals surface area contributed by atoms with Crippen molar-refractivity contribution in [2.45, 2.75) is 19.3 Å². The molecule has 28 heavy (non-hydrogen) atoms. The first-order valence-corrected chi connectivity index (χ1v) is 9.48. The molecule has 0 aliphatic rings. The van der Waals surface area contributed by atoms with Crippen LogP contribution in [0, 0.1) is 0 Å². The van der Waals surface area contributed by atoms with Gasteiger partial charge in [-0.05, 0) is 31.3 Å². The molecule has 0 fully saturated rings. The number of aromatic nitrogens is 3. The molecule has 3 aromatic rings. The van der Waals surface area contributed by atoms with Gasteiger partial charge < -0.3 is 20.1 Å². The Hall–Kier alpha value is -2.41. The first-order valence-electron chi connectivity index (χ1n) is 9.10. The minimum atomic E-state index is -0.183. The van der Waals surface area contributed by atoms with Crippen LogP contribution in [0.1, 0.15) is 19.5 Å². The number of likely N-dealkylation sites (N-methyl/N-ethyl adjacent to an activating group) is 1. The van der Waals surface area contributed by atoms with E-state index in [0.717, 1.165) is 34.9 Å². The van der Waals surface area contributed by atoms with Gasteiger partial charge in [-0.15, -0.1) is 0 Å². The van der Waals surface area contributed by atoms with Gasteiger partial charge in [0.2, 0.25) is 0 Å². The van der Waals surface area contributed by atoms with Crippen LogP contribution in [0.3, 0.4) is 0 Å². The summed E-state index contributed by atoms with van der Waals surface area (Å²) in [6.45, 7) is 5.81. The zero-order valence-electron chi connectivity index (χ0n) is 16.3. The van der Waals surface area contributed by atoms with Crippen LogP contribution >= 0.6 is 11.6 Å². The van der Waals surface area contributed by atoms with Crippen LogP contribution in [0.25, 0.3) is 22.6 Å². The molecule has 0 unspecified atom stereocenters. The SMILES string of the molecule is CN(CCO)CC(C)(C)c1cc(-c2ncc(-c3ccc(Cl)c(O)c3)[nH]2)ccn1. The number of rotatable bonds is 7. The highest BCUT2D eigenvalue weighted by Gasteiger charge is 2.24. The Labute approximate surface area is 169 Å². The Morgan fingerprint density at radius 1 is 1.14 bits per heavy atom. The van der Waals surface area contributed by atoms with Gasteiger partial charge in [-0.1, -0.05) is 31.5 Å². The van der Waals surface area contributed by atoms with Crippen molar-refractivity contribution in [2.24, 2.45) is 0 Å². The lowest BCUT2D eigenvalue weighted by molar-refractivity contribution is 0.197. The summed E-state index contributed by atoms with van der Waals surface area (Å²) in [7, 11) is 1.99. The number of imidazole rings is 1. The van der Waals surface area contributed by atoms with E-state index in [2.05, 4.69) is 33.7 Å². The average molecular weight is 401 g/mol. The second-order valence-corrected chi connectivity index (χ2v) is 7.99. The second kappa shape index (κ2) is 8.31. The fourth-order valence-electron chi connectivity index (χ4n) is 3.25. The number of phenolic OH excluding ortho intramolecular Hbond substituents is 1. The van der Waals surface area contributed by atoms with Crippen LogP contribution in [-0.2, 0) is 5.41 Å². The first-order chi connectivity index (χ1) is 13.3. The molecular weight excluding hydrogens is 376 g/mol. The van der Waals surface area contributed by atoms with Gasteiger partial charge in [0.15, 0.2) is 0 Å². The predicted molar refractivity (Wildman–Crippen MR) is 112 cm³/mol. The van der Waals surface area contributed by atoms with Crippen LogP contribution in [0.4, 0.5) is 0 Å². The summed E-state index contributed by atoms with van der Waals surface area (Å²) in [4.78, 5) is 14.4. The fourth-order valence-corrected chi connectivity index (χ4v) is 3.37. The van der Waals surface area contributed by atoms with E-state index in [1.807, 2.05) is 25.2 Å². The molecule has 0 saturated carbocycles. The van der Waals surface area contributed by atoms with Gasteiger partial charge in [0, 0.05) is 41.5 Å². The number of pyridine rings is 1. The van der Waals surface area contributed by atoms with E-state index < -0.39 is 0 Å².